The van der Waals surface area contributed by atoms with Crippen molar-refractivity contribution in [2.75, 3.05) is 5.32 Å². The maximum atomic E-state index is 13.7. The SMILES string of the molecule is CC(NC(=O)C[C@@H]1CCC[C@H]1N)c1cccc(NC(=O)Cc2ccccc2F)c1.Cl. The standard InChI is InChI=1S/C23H28FN3O2.ClH/c1-15(26-22(28)14-18-8-5-11-21(18)25)16-7-4-9-19(12-16)27-23(29)13-17-6-2-3-10-20(17)24;/h2-4,6-7,9-10,12,15,18,21H,5,8,11,13-14,25H2,1H3,(H,26,28)(H,27,29);1H/t15?,18-,21+;/m0./s1. The first-order valence-electron chi connectivity index (χ1n) is 10.1. The fourth-order valence-electron chi connectivity index (χ4n) is 3.85. The summed E-state index contributed by atoms with van der Waals surface area (Å²) < 4.78 is 13.7. The number of halogens is 2. The molecule has 1 aliphatic carbocycles. The lowest BCUT2D eigenvalue weighted by Crippen LogP contribution is -2.32. The molecule has 2 amide bonds. The van der Waals surface area contributed by atoms with Gasteiger partial charge in [0.05, 0.1) is 12.5 Å². The Morgan fingerprint density at radius 1 is 1.13 bits per heavy atom. The Morgan fingerprint density at radius 2 is 1.90 bits per heavy atom. The molecule has 3 atom stereocenters. The van der Waals surface area contributed by atoms with Crippen LogP contribution in [0.4, 0.5) is 10.1 Å². The van der Waals surface area contributed by atoms with E-state index in [-0.39, 0.29) is 48.6 Å². The second kappa shape index (κ2) is 11.1. The van der Waals surface area contributed by atoms with Crippen molar-refractivity contribution < 1.29 is 14.0 Å². The Labute approximate surface area is 183 Å². The topological polar surface area (TPSA) is 84.2 Å². The minimum Gasteiger partial charge on any atom is -0.350 e. The van der Waals surface area contributed by atoms with E-state index in [1.807, 2.05) is 25.1 Å². The third-order valence-corrected chi connectivity index (χ3v) is 5.52. The normalized spacial score (nSPS) is 18.9. The maximum Gasteiger partial charge on any atom is 0.228 e. The first kappa shape index (κ1) is 23.8. The van der Waals surface area contributed by atoms with Gasteiger partial charge in [-0.2, -0.15) is 0 Å². The highest BCUT2D eigenvalue weighted by Gasteiger charge is 2.26. The third kappa shape index (κ3) is 6.54. The summed E-state index contributed by atoms with van der Waals surface area (Å²) in [5.41, 5.74) is 7.91. The van der Waals surface area contributed by atoms with E-state index >= 15 is 0 Å². The number of hydrogen-bond donors (Lipinski definition) is 3. The highest BCUT2D eigenvalue weighted by Crippen LogP contribution is 2.27. The lowest BCUT2D eigenvalue weighted by Gasteiger charge is -2.19. The Morgan fingerprint density at radius 3 is 2.60 bits per heavy atom. The molecular formula is C23H29ClFN3O2. The predicted octanol–water partition coefficient (Wildman–Crippen LogP) is 4.12. The van der Waals surface area contributed by atoms with Crippen molar-refractivity contribution in [3.8, 4) is 0 Å². The molecule has 1 aliphatic rings. The summed E-state index contributed by atoms with van der Waals surface area (Å²) in [6.45, 7) is 1.91. The first-order valence-corrected chi connectivity index (χ1v) is 10.1. The van der Waals surface area contributed by atoms with Gasteiger partial charge in [-0.15, -0.1) is 12.4 Å². The minimum atomic E-state index is -0.394. The number of benzene rings is 2. The molecular weight excluding hydrogens is 405 g/mol. The second-order valence-electron chi connectivity index (χ2n) is 7.79. The molecule has 0 aliphatic heterocycles. The molecule has 3 rings (SSSR count). The summed E-state index contributed by atoms with van der Waals surface area (Å²) >= 11 is 0. The van der Waals surface area contributed by atoms with Crippen molar-refractivity contribution in [2.45, 2.75) is 51.1 Å². The minimum absolute atomic E-state index is 0. The molecule has 0 radical (unpaired) electrons. The van der Waals surface area contributed by atoms with E-state index in [2.05, 4.69) is 10.6 Å². The molecule has 0 saturated heterocycles. The molecule has 7 heteroatoms. The lowest BCUT2D eigenvalue weighted by molar-refractivity contribution is -0.122. The first-order chi connectivity index (χ1) is 13.9. The van der Waals surface area contributed by atoms with Crippen molar-refractivity contribution in [1.29, 1.82) is 0 Å². The van der Waals surface area contributed by atoms with Crippen LogP contribution in [-0.4, -0.2) is 17.9 Å². The molecule has 0 aromatic heterocycles. The smallest absolute Gasteiger partial charge is 0.228 e. The van der Waals surface area contributed by atoms with Gasteiger partial charge >= 0.3 is 0 Å². The van der Waals surface area contributed by atoms with E-state index in [4.69, 9.17) is 5.73 Å². The van der Waals surface area contributed by atoms with Gasteiger partial charge < -0.3 is 16.4 Å². The molecule has 2 aromatic carbocycles. The number of nitrogens with two attached hydrogens (primary N) is 1. The number of nitrogens with one attached hydrogen (secondary N) is 2. The Kier molecular flexibility index (Phi) is 8.81. The molecule has 0 spiro atoms. The van der Waals surface area contributed by atoms with E-state index in [1.54, 1.807) is 24.3 Å². The molecule has 1 saturated carbocycles. The van der Waals surface area contributed by atoms with E-state index in [9.17, 15) is 14.0 Å². The summed E-state index contributed by atoms with van der Waals surface area (Å²) in [7, 11) is 0. The van der Waals surface area contributed by atoms with Gasteiger partial charge in [0.2, 0.25) is 11.8 Å². The Hall–Kier alpha value is -2.44. The van der Waals surface area contributed by atoms with Crippen LogP contribution in [0.3, 0.4) is 0 Å². The van der Waals surface area contributed by atoms with Crippen LogP contribution in [0.5, 0.6) is 0 Å². The summed E-state index contributed by atoms with van der Waals surface area (Å²) in [6.07, 6.45) is 3.49. The van der Waals surface area contributed by atoms with Crippen LogP contribution in [0.1, 0.15) is 49.8 Å². The van der Waals surface area contributed by atoms with Gasteiger partial charge in [-0.05, 0) is 55.0 Å². The van der Waals surface area contributed by atoms with Crippen molar-refractivity contribution in [1.82, 2.24) is 5.32 Å². The summed E-state index contributed by atoms with van der Waals surface area (Å²) in [6, 6.07) is 13.5. The van der Waals surface area contributed by atoms with Gasteiger partial charge in [-0.25, -0.2) is 4.39 Å². The molecule has 2 aromatic rings. The van der Waals surface area contributed by atoms with Crippen LogP contribution in [-0.2, 0) is 16.0 Å². The average Bonchev–Trinajstić information content (AvgIpc) is 3.08. The van der Waals surface area contributed by atoms with Crippen LogP contribution in [0.15, 0.2) is 48.5 Å². The average molecular weight is 434 g/mol. The van der Waals surface area contributed by atoms with Crippen LogP contribution >= 0.6 is 12.4 Å². The maximum absolute atomic E-state index is 13.7. The summed E-state index contributed by atoms with van der Waals surface area (Å²) in [5, 5.41) is 5.81. The number of anilines is 1. The highest BCUT2D eigenvalue weighted by molar-refractivity contribution is 5.92. The van der Waals surface area contributed by atoms with Gasteiger partial charge in [-0.3, -0.25) is 9.59 Å². The quantitative estimate of drug-likeness (QED) is 0.614. The van der Waals surface area contributed by atoms with E-state index in [0.717, 1.165) is 24.8 Å². The Balaban J connectivity index is 0.00000320. The molecule has 30 heavy (non-hydrogen) atoms. The lowest BCUT2D eigenvalue weighted by atomic mass is 9.99. The molecule has 0 heterocycles. The predicted molar refractivity (Wildman–Crippen MR) is 119 cm³/mol. The van der Waals surface area contributed by atoms with E-state index < -0.39 is 5.82 Å². The number of hydrogen-bond acceptors (Lipinski definition) is 3. The summed E-state index contributed by atoms with van der Waals surface area (Å²) in [4.78, 5) is 24.6. The zero-order valence-electron chi connectivity index (χ0n) is 17.1. The number of rotatable bonds is 7. The third-order valence-electron chi connectivity index (χ3n) is 5.52. The van der Waals surface area contributed by atoms with Crippen LogP contribution < -0.4 is 16.4 Å². The monoisotopic (exact) mass is 433 g/mol. The number of amides is 2. The van der Waals surface area contributed by atoms with E-state index in [0.29, 0.717) is 17.7 Å². The van der Waals surface area contributed by atoms with Gasteiger partial charge in [0.25, 0.3) is 0 Å². The van der Waals surface area contributed by atoms with Crippen LogP contribution in [0, 0.1) is 11.7 Å². The number of carbonyl (C=O) groups is 2. The van der Waals surface area contributed by atoms with Crippen molar-refractivity contribution in [3.05, 3.63) is 65.5 Å². The Bertz CT molecular complexity index is 877. The van der Waals surface area contributed by atoms with E-state index in [1.165, 1.54) is 6.07 Å². The fraction of sp³-hybridized carbons (Fsp3) is 0.391. The zero-order valence-corrected chi connectivity index (χ0v) is 17.9. The zero-order chi connectivity index (χ0) is 20.8. The van der Waals surface area contributed by atoms with Crippen molar-refractivity contribution in [2.24, 2.45) is 11.7 Å². The molecule has 162 valence electrons. The van der Waals surface area contributed by atoms with Gasteiger partial charge in [0.1, 0.15) is 5.82 Å². The second-order valence-corrected chi connectivity index (χ2v) is 7.79. The van der Waals surface area contributed by atoms with Gasteiger partial charge in [0.15, 0.2) is 0 Å². The van der Waals surface area contributed by atoms with Gasteiger partial charge in [0, 0.05) is 18.2 Å². The molecule has 5 nitrogen and oxygen atoms in total. The van der Waals surface area contributed by atoms with Crippen molar-refractivity contribution >= 4 is 29.9 Å². The molecule has 4 N–H and O–H groups in total. The number of carbonyl (C=O) groups excluding carboxylic acids is 2. The van der Waals surface area contributed by atoms with Crippen molar-refractivity contribution in [3.63, 3.8) is 0 Å². The molecule has 1 fully saturated rings. The summed E-state index contributed by atoms with van der Waals surface area (Å²) in [5.74, 6) is -0.436. The highest BCUT2D eigenvalue weighted by atomic mass is 35.5. The van der Waals surface area contributed by atoms with Crippen LogP contribution in [0.2, 0.25) is 0 Å². The van der Waals surface area contributed by atoms with Gasteiger partial charge in [-0.1, -0.05) is 36.8 Å². The fourth-order valence-corrected chi connectivity index (χ4v) is 3.85. The van der Waals surface area contributed by atoms with Crippen LogP contribution in [0.25, 0.3) is 0 Å². The molecule has 1 unspecified atom stereocenters. The largest absolute Gasteiger partial charge is 0.350 e. The molecule has 0 bridgehead atoms.